The molecule has 2 aromatic carbocycles. The van der Waals surface area contributed by atoms with Gasteiger partial charge in [0.05, 0.1) is 7.11 Å². The summed E-state index contributed by atoms with van der Waals surface area (Å²) in [4.78, 5) is 21.1. The number of ether oxygens (including phenoxy) is 1. The largest absolute Gasteiger partial charge is 0.497 e. The molecular formula is C20H20N4O2. The van der Waals surface area contributed by atoms with Gasteiger partial charge in [0.2, 0.25) is 5.95 Å². The van der Waals surface area contributed by atoms with Crippen LogP contribution in [-0.2, 0) is 0 Å². The van der Waals surface area contributed by atoms with Crippen LogP contribution in [0, 0.1) is 13.8 Å². The Hall–Kier alpha value is -3.41. The Labute approximate surface area is 152 Å². The maximum Gasteiger partial charge on any atom is 0.274 e. The van der Waals surface area contributed by atoms with Gasteiger partial charge in [0.15, 0.2) is 0 Å². The molecule has 3 rings (SSSR count). The molecular weight excluding hydrogens is 328 g/mol. The first-order valence-corrected chi connectivity index (χ1v) is 8.18. The van der Waals surface area contributed by atoms with Gasteiger partial charge >= 0.3 is 0 Å². The van der Waals surface area contributed by atoms with Crippen molar-refractivity contribution in [2.24, 2.45) is 0 Å². The second-order valence-corrected chi connectivity index (χ2v) is 5.84. The third-order valence-corrected chi connectivity index (χ3v) is 3.93. The lowest BCUT2D eigenvalue weighted by atomic mass is 10.1. The van der Waals surface area contributed by atoms with Gasteiger partial charge in [-0.2, -0.15) is 0 Å². The van der Waals surface area contributed by atoms with Gasteiger partial charge < -0.3 is 15.4 Å². The summed E-state index contributed by atoms with van der Waals surface area (Å²) < 4.78 is 5.20. The minimum Gasteiger partial charge on any atom is -0.497 e. The highest BCUT2D eigenvalue weighted by Crippen LogP contribution is 2.21. The van der Waals surface area contributed by atoms with Crippen molar-refractivity contribution < 1.29 is 9.53 Å². The fourth-order valence-corrected chi connectivity index (χ4v) is 2.56. The van der Waals surface area contributed by atoms with Crippen molar-refractivity contribution in [1.82, 2.24) is 9.97 Å². The van der Waals surface area contributed by atoms with E-state index in [-0.39, 0.29) is 11.6 Å². The zero-order valence-corrected chi connectivity index (χ0v) is 14.9. The topological polar surface area (TPSA) is 76.1 Å². The van der Waals surface area contributed by atoms with E-state index >= 15 is 0 Å². The fourth-order valence-electron chi connectivity index (χ4n) is 2.56. The summed E-state index contributed by atoms with van der Waals surface area (Å²) in [7, 11) is 1.61. The Kier molecular flexibility index (Phi) is 5.12. The molecule has 0 aliphatic rings. The highest BCUT2D eigenvalue weighted by atomic mass is 16.5. The zero-order valence-electron chi connectivity index (χ0n) is 14.9. The van der Waals surface area contributed by atoms with Crippen LogP contribution < -0.4 is 15.4 Å². The summed E-state index contributed by atoms with van der Waals surface area (Å²) in [5, 5.41) is 6.01. The SMILES string of the molecule is COc1cccc(Nc2nccc(C(=O)Nc3c(C)cccc3C)n2)c1. The molecule has 6 heteroatoms. The standard InChI is InChI=1S/C20H20N4O2/c1-13-6-4-7-14(2)18(13)24-19(25)17-10-11-21-20(23-17)22-15-8-5-9-16(12-15)26-3/h4-12H,1-3H3,(H,24,25)(H,21,22,23). The second kappa shape index (κ2) is 7.65. The molecule has 1 heterocycles. The monoisotopic (exact) mass is 348 g/mol. The molecule has 0 saturated carbocycles. The molecule has 26 heavy (non-hydrogen) atoms. The lowest BCUT2D eigenvalue weighted by molar-refractivity contribution is 0.102. The number of carbonyl (C=O) groups is 1. The average Bonchev–Trinajstić information content (AvgIpc) is 2.65. The molecule has 1 amide bonds. The van der Waals surface area contributed by atoms with Crippen molar-refractivity contribution >= 4 is 23.2 Å². The summed E-state index contributed by atoms with van der Waals surface area (Å²) in [5.41, 5.74) is 3.87. The number of hydrogen-bond donors (Lipinski definition) is 2. The van der Waals surface area contributed by atoms with Crippen molar-refractivity contribution in [2.45, 2.75) is 13.8 Å². The maximum absolute atomic E-state index is 12.6. The Bertz CT molecular complexity index is 920. The van der Waals surface area contributed by atoms with E-state index in [0.717, 1.165) is 28.3 Å². The van der Waals surface area contributed by atoms with Crippen LogP contribution in [0.15, 0.2) is 54.7 Å². The number of methoxy groups -OCH3 is 1. The van der Waals surface area contributed by atoms with E-state index in [0.29, 0.717) is 5.95 Å². The molecule has 1 aromatic heterocycles. The number of rotatable bonds is 5. The van der Waals surface area contributed by atoms with Crippen LogP contribution in [0.3, 0.4) is 0 Å². The summed E-state index contributed by atoms with van der Waals surface area (Å²) in [5.74, 6) is 0.782. The van der Waals surface area contributed by atoms with E-state index in [4.69, 9.17) is 4.74 Å². The molecule has 0 aliphatic carbocycles. The van der Waals surface area contributed by atoms with E-state index in [1.807, 2.05) is 56.3 Å². The average molecular weight is 348 g/mol. The fraction of sp³-hybridized carbons (Fsp3) is 0.150. The highest BCUT2D eigenvalue weighted by Gasteiger charge is 2.12. The third-order valence-electron chi connectivity index (χ3n) is 3.93. The zero-order chi connectivity index (χ0) is 18.5. The van der Waals surface area contributed by atoms with Gasteiger partial charge in [-0.05, 0) is 43.2 Å². The summed E-state index contributed by atoms with van der Waals surface area (Å²) in [6, 6.07) is 14.9. The van der Waals surface area contributed by atoms with Gasteiger partial charge in [-0.3, -0.25) is 4.79 Å². The number of amides is 1. The molecule has 0 bridgehead atoms. The number of anilines is 3. The van der Waals surface area contributed by atoms with E-state index in [2.05, 4.69) is 20.6 Å². The van der Waals surface area contributed by atoms with E-state index < -0.39 is 0 Å². The Morgan fingerprint density at radius 1 is 1.04 bits per heavy atom. The lowest BCUT2D eigenvalue weighted by Crippen LogP contribution is -2.16. The van der Waals surface area contributed by atoms with Gasteiger partial charge in [0.1, 0.15) is 11.4 Å². The first-order valence-electron chi connectivity index (χ1n) is 8.18. The van der Waals surface area contributed by atoms with E-state index in [1.165, 1.54) is 0 Å². The molecule has 0 radical (unpaired) electrons. The summed E-state index contributed by atoms with van der Waals surface area (Å²) in [6.07, 6.45) is 1.55. The molecule has 0 aliphatic heterocycles. The summed E-state index contributed by atoms with van der Waals surface area (Å²) >= 11 is 0. The third kappa shape index (κ3) is 3.97. The first kappa shape index (κ1) is 17.4. The predicted octanol–water partition coefficient (Wildman–Crippen LogP) is 4.10. The second-order valence-electron chi connectivity index (χ2n) is 5.84. The van der Waals surface area contributed by atoms with Crippen LogP contribution in [0.4, 0.5) is 17.3 Å². The van der Waals surface area contributed by atoms with Crippen molar-refractivity contribution in [3.8, 4) is 5.75 Å². The number of nitrogens with zero attached hydrogens (tertiary/aromatic N) is 2. The van der Waals surface area contributed by atoms with Crippen LogP contribution in [0.5, 0.6) is 5.75 Å². The molecule has 0 saturated heterocycles. The number of nitrogens with one attached hydrogen (secondary N) is 2. The molecule has 6 nitrogen and oxygen atoms in total. The van der Waals surface area contributed by atoms with Gasteiger partial charge in [-0.15, -0.1) is 0 Å². The molecule has 0 unspecified atom stereocenters. The molecule has 3 aromatic rings. The van der Waals surface area contributed by atoms with Crippen LogP contribution in [0.2, 0.25) is 0 Å². The number of para-hydroxylation sites is 1. The smallest absolute Gasteiger partial charge is 0.274 e. The van der Waals surface area contributed by atoms with E-state index in [1.54, 1.807) is 19.4 Å². The Balaban J connectivity index is 1.79. The quantitative estimate of drug-likeness (QED) is 0.726. The minimum atomic E-state index is -0.279. The normalized spacial score (nSPS) is 10.3. The van der Waals surface area contributed by atoms with Crippen molar-refractivity contribution in [2.75, 3.05) is 17.7 Å². The lowest BCUT2D eigenvalue weighted by Gasteiger charge is -2.12. The predicted molar refractivity (Wildman–Crippen MR) is 102 cm³/mol. The highest BCUT2D eigenvalue weighted by molar-refractivity contribution is 6.03. The van der Waals surface area contributed by atoms with Gasteiger partial charge in [-0.25, -0.2) is 9.97 Å². The number of carbonyl (C=O) groups excluding carboxylic acids is 1. The summed E-state index contributed by atoms with van der Waals surface area (Å²) in [6.45, 7) is 3.91. The van der Waals surface area contributed by atoms with E-state index in [9.17, 15) is 4.79 Å². The van der Waals surface area contributed by atoms with Crippen LogP contribution >= 0.6 is 0 Å². The van der Waals surface area contributed by atoms with Gasteiger partial charge in [0.25, 0.3) is 5.91 Å². The molecule has 0 atom stereocenters. The number of hydrogen-bond acceptors (Lipinski definition) is 5. The minimum absolute atomic E-state index is 0.279. The van der Waals surface area contributed by atoms with Crippen LogP contribution in [0.25, 0.3) is 0 Å². The molecule has 132 valence electrons. The molecule has 0 fully saturated rings. The molecule has 2 N–H and O–H groups in total. The van der Waals surface area contributed by atoms with Crippen molar-refractivity contribution in [1.29, 1.82) is 0 Å². The maximum atomic E-state index is 12.6. The van der Waals surface area contributed by atoms with Crippen molar-refractivity contribution in [3.05, 3.63) is 71.5 Å². The number of aromatic nitrogens is 2. The van der Waals surface area contributed by atoms with Crippen LogP contribution in [0.1, 0.15) is 21.6 Å². The number of benzene rings is 2. The molecule has 0 spiro atoms. The van der Waals surface area contributed by atoms with Crippen molar-refractivity contribution in [3.63, 3.8) is 0 Å². The van der Waals surface area contributed by atoms with Gasteiger partial charge in [-0.1, -0.05) is 24.3 Å². The van der Waals surface area contributed by atoms with Gasteiger partial charge in [0, 0.05) is 23.6 Å². The Morgan fingerprint density at radius 3 is 2.50 bits per heavy atom. The first-order chi connectivity index (χ1) is 12.6. The Morgan fingerprint density at radius 2 is 1.77 bits per heavy atom. The number of aryl methyl sites for hydroxylation is 2. The van der Waals surface area contributed by atoms with Crippen LogP contribution in [-0.4, -0.2) is 23.0 Å².